The lowest BCUT2D eigenvalue weighted by atomic mass is 9.93. The Morgan fingerprint density at radius 2 is 1.77 bits per heavy atom. The van der Waals surface area contributed by atoms with Gasteiger partial charge in [0.2, 0.25) is 0 Å². The number of hydrogen-bond acceptors (Lipinski definition) is 5. The average Bonchev–Trinajstić information content (AvgIpc) is 2.82. The molecule has 1 aromatic heterocycles. The number of aliphatic hydroxyl groups excluding tert-OH is 1. The van der Waals surface area contributed by atoms with E-state index in [0.717, 1.165) is 5.56 Å². The fourth-order valence-corrected chi connectivity index (χ4v) is 4.88. The minimum absolute atomic E-state index is 0.0540. The molecule has 1 heterocycles. The van der Waals surface area contributed by atoms with E-state index in [1.54, 1.807) is 12.1 Å². The summed E-state index contributed by atoms with van der Waals surface area (Å²) in [6.45, 7) is 3.92. The van der Waals surface area contributed by atoms with Crippen LogP contribution in [-0.4, -0.2) is 40.5 Å². The van der Waals surface area contributed by atoms with Crippen LogP contribution in [0, 0.1) is 17.4 Å². The first-order chi connectivity index (χ1) is 16.6. The SMILES string of the molecule is COP(=O)(C#Cc1c(-c2ccc(F)cc2)cc(-c2ccccc2)nc1C(C)C)CC(O)CC(=O)O. The van der Waals surface area contributed by atoms with Crippen molar-refractivity contribution in [3.05, 3.63) is 77.7 Å². The maximum absolute atomic E-state index is 13.7. The largest absolute Gasteiger partial charge is 0.481 e. The van der Waals surface area contributed by atoms with Gasteiger partial charge in [-0.1, -0.05) is 62.2 Å². The van der Waals surface area contributed by atoms with Crippen molar-refractivity contribution in [2.24, 2.45) is 0 Å². The number of aliphatic carboxylic acids is 1. The van der Waals surface area contributed by atoms with Crippen molar-refractivity contribution in [2.75, 3.05) is 13.3 Å². The number of nitrogens with zero attached hydrogens (tertiary/aromatic N) is 1. The first-order valence-electron chi connectivity index (χ1n) is 11.1. The normalized spacial score (nSPS) is 13.5. The molecular weight excluding hydrogens is 468 g/mol. The van der Waals surface area contributed by atoms with Crippen molar-refractivity contribution in [3.63, 3.8) is 0 Å². The van der Waals surface area contributed by atoms with Gasteiger partial charge in [0.15, 0.2) is 0 Å². The molecule has 0 bridgehead atoms. The van der Waals surface area contributed by atoms with Gasteiger partial charge in [0.25, 0.3) is 7.37 Å². The van der Waals surface area contributed by atoms with Gasteiger partial charge in [-0.25, -0.2) is 4.39 Å². The van der Waals surface area contributed by atoms with E-state index in [0.29, 0.717) is 28.1 Å². The summed E-state index contributed by atoms with van der Waals surface area (Å²) in [5, 5.41) is 18.9. The quantitative estimate of drug-likeness (QED) is 0.305. The maximum atomic E-state index is 13.7. The van der Waals surface area contributed by atoms with Gasteiger partial charge in [-0.3, -0.25) is 14.3 Å². The highest BCUT2D eigenvalue weighted by Gasteiger charge is 2.26. The molecule has 0 saturated carbocycles. The number of carboxylic acid groups (broad SMARTS) is 1. The van der Waals surface area contributed by atoms with Gasteiger partial charge in [-0.2, -0.15) is 0 Å². The van der Waals surface area contributed by atoms with E-state index in [-0.39, 0.29) is 11.7 Å². The Bertz CT molecular complexity index is 1300. The smallest absolute Gasteiger partial charge is 0.305 e. The number of rotatable bonds is 8. The Balaban J connectivity index is 2.20. The molecule has 0 spiro atoms. The van der Waals surface area contributed by atoms with Crippen molar-refractivity contribution >= 4 is 13.3 Å². The summed E-state index contributed by atoms with van der Waals surface area (Å²) in [5.74, 6) is 1.31. The zero-order valence-electron chi connectivity index (χ0n) is 19.7. The first kappa shape index (κ1) is 26.3. The highest BCUT2D eigenvalue weighted by Crippen LogP contribution is 2.46. The molecule has 0 aliphatic carbocycles. The van der Waals surface area contributed by atoms with Crippen LogP contribution in [0.1, 0.15) is 37.4 Å². The monoisotopic (exact) mass is 495 g/mol. The second-order valence-electron chi connectivity index (χ2n) is 8.37. The molecule has 3 rings (SSSR count). The fraction of sp³-hybridized carbons (Fsp3) is 0.259. The number of carboxylic acids is 1. The van der Waals surface area contributed by atoms with Crippen LogP contribution in [0.2, 0.25) is 0 Å². The Morgan fingerprint density at radius 3 is 2.34 bits per heavy atom. The first-order valence-corrected chi connectivity index (χ1v) is 12.9. The van der Waals surface area contributed by atoms with Gasteiger partial charge < -0.3 is 14.7 Å². The summed E-state index contributed by atoms with van der Waals surface area (Å²) in [5.41, 5.74) is 6.83. The molecule has 6 nitrogen and oxygen atoms in total. The molecule has 2 atom stereocenters. The van der Waals surface area contributed by atoms with Gasteiger partial charge in [-0.15, -0.1) is 0 Å². The van der Waals surface area contributed by atoms with Crippen LogP contribution >= 0.6 is 7.37 Å². The molecule has 0 radical (unpaired) electrons. The Morgan fingerprint density at radius 1 is 1.11 bits per heavy atom. The Kier molecular flexibility index (Phi) is 8.58. The summed E-state index contributed by atoms with van der Waals surface area (Å²) in [6.07, 6.45) is -2.35. The average molecular weight is 495 g/mol. The number of carbonyl (C=O) groups is 1. The molecule has 2 aromatic carbocycles. The van der Waals surface area contributed by atoms with Crippen molar-refractivity contribution in [2.45, 2.75) is 32.3 Å². The summed E-state index contributed by atoms with van der Waals surface area (Å²) < 4.78 is 32.0. The van der Waals surface area contributed by atoms with E-state index >= 15 is 0 Å². The second-order valence-corrected chi connectivity index (χ2v) is 10.7. The highest BCUT2D eigenvalue weighted by molar-refractivity contribution is 7.64. The summed E-state index contributed by atoms with van der Waals surface area (Å²) in [6, 6.07) is 17.5. The van der Waals surface area contributed by atoms with Crippen molar-refractivity contribution in [1.29, 1.82) is 0 Å². The van der Waals surface area contributed by atoms with Crippen LogP contribution in [0.4, 0.5) is 4.39 Å². The number of hydrogen-bond donors (Lipinski definition) is 2. The second kappa shape index (κ2) is 11.4. The standard InChI is InChI=1S/C27H27FNO5P/c1-18(2)27-23(13-14-35(33,34-3)17-22(30)15-26(31)32)24(19-9-11-21(28)12-10-19)16-25(29-27)20-7-5-4-6-8-20/h4-12,16,18,22,30H,15,17H2,1-3H3,(H,31,32). The molecule has 0 amide bonds. The van der Waals surface area contributed by atoms with E-state index < -0.39 is 32.0 Å². The Labute approximate surface area is 204 Å². The summed E-state index contributed by atoms with van der Waals surface area (Å²) >= 11 is 0. The molecule has 2 unspecified atom stereocenters. The number of aromatic nitrogens is 1. The minimum Gasteiger partial charge on any atom is -0.481 e. The zero-order chi connectivity index (χ0) is 25.6. The molecule has 0 fully saturated rings. The van der Waals surface area contributed by atoms with Crippen LogP contribution in [0.25, 0.3) is 22.4 Å². The summed E-state index contributed by atoms with van der Waals surface area (Å²) in [4.78, 5) is 15.7. The number of pyridine rings is 1. The zero-order valence-corrected chi connectivity index (χ0v) is 20.6. The minimum atomic E-state index is -3.68. The van der Waals surface area contributed by atoms with E-state index in [9.17, 15) is 18.9 Å². The maximum Gasteiger partial charge on any atom is 0.305 e. The molecule has 3 aromatic rings. The Hall–Kier alpha value is -3.30. The van der Waals surface area contributed by atoms with E-state index in [1.165, 1.54) is 19.2 Å². The van der Waals surface area contributed by atoms with Crippen molar-refractivity contribution in [3.8, 4) is 34.0 Å². The lowest BCUT2D eigenvalue weighted by molar-refractivity contribution is -0.138. The third-order valence-electron chi connectivity index (χ3n) is 5.33. The molecule has 182 valence electrons. The molecule has 0 saturated heterocycles. The van der Waals surface area contributed by atoms with Gasteiger partial charge in [0.1, 0.15) is 5.82 Å². The number of halogens is 1. The molecule has 2 N–H and O–H groups in total. The lowest BCUT2D eigenvalue weighted by Crippen LogP contribution is -2.17. The molecule has 0 aliphatic rings. The van der Waals surface area contributed by atoms with Crippen LogP contribution in [0.3, 0.4) is 0 Å². The summed E-state index contributed by atoms with van der Waals surface area (Å²) in [7, 11) is -2.47. The van der Waals surface area contributed by atoms with Crippen LogP contribution in [0.15, 0.2) is 60.7 Å². The lowest BCUT2D eigenvalue weighted by Gasteiger charge is -2.17. The van der Waals surface area contributed by atoms with E-state index in [4.69, 9.17) is 14.6 Å². The predicted octanol–water partition coefficient (Wildman–Crippen LogP) is 5.75. The van der Waals surface area contributed by atoms with Gasteiger partial charge in [0.05, 0.1) is 35.6 Å². The number of aliphatic hydroxyl groups is 1. The molecule has 0 aliphatic heterocycles. The van der Waals surface area contributed by atoms with Gasteiger partial charge in [-0.05, 0) is 35.3 Å². The van der Waals surface area contributed by atoms with Gasteiger partial charge in [0, 0.05) is 18.2 Å². The van der Waals surface area contributed by atoms with E-state index in [1.807, 2.05) is 50.2 Å². The third kappa shape index (κ3) is 6.86. The predicted molar refractivity (Wildman–Crippen MR) is 134 cm³/mol. The van der Waals surface area contributed by atoms with Gasteiger partial charge >= 0.3 is 5.97 Å². The van der Waals surface area contributed by atoms with Crippen LogP contribution in [-0.2, 0) is 13.9 Å². The molecule has 8 heteroatoms. The highest BCUT2D eigenvalue weighted by atomic mass is 31.2. The topological polar surface area (TPSA) is 96.7 Å². The van der Waals surface area contributed by atoms with Crippen LogP contribution in [0.5, 0.6) is 0 Å². The fourth-order valence-electron chi connectivity index (χ4n) is 3.58. The third-order valence-corrected chi connectivity index (χ3v) is 7.27. The van der Waals surface area contributed by atoms with Crippen molar-refractivity contribution < 1.29 is 28.5 Å². The number of benzene rings is 2. The molecule has 35 heavy (non-hydrogen) atoms. The van der Waals surface area contributed by atoms with Crippen LogP contribution < -0.4 is 0 Å². The van der Waals surface area contributed by atoms with Crippen molar-refractivity contribution in [1.82, 2.24) is 4.98 Å². The molecular formula is C27H27FNO5P. The van der Waals surface area contributed by atoms with E-state index in [2.05, 4.69) is 11.6 Å².